The molecule has 3 atom stereocenters. The van der Waals surface area contributed by atoms with Crippen molar-refractivity contribution in [3.05, 3.63) is 126 Å². The molecule has 11 nitrogen and oxygen atoms in total. The fraction of sp³-hybridized carbons (Fsp3) is 0.229. The van der Waals surface area contributed by atoms with Crippen LogP contribution in [0, 0.1) is 0 Å². The first-order valence-corrected chi connectivity index (χ1v) is 16.4. The average Bonchev–Trinajstić information content (AvgIpc) is 3.40. The van der Waals surface area contributed by atoms with Gasteiger partial charge in [0.1, 0.15) is 12.2 Å². The molecule has 1 unspecified atom stereocenters. The Labute approximate surface area is 273 Å². The van der Waals surface area contributed by atoms with Gasteiger partial charge in [0.2, 0.25) is 11.8 Å². The van der Waals surface area contributed by atoms with E-state index in [4.69, 9.17) is 9.42 Å². The fourth-order valence-electron chi connectivity index (χ4n) is 6.32. The number of carbonyl (C=O) groups is 3. The van der Waals surface area contributed by atoms with E-state index in [1.807, 2.05) is 72.8 Å². The molecule has 0 aliphatic carbocycles. The molecule has 4 amide bonds. The van der Waals surface area contributed by atoms with E-state index in [-0.39, 0.29) is 49.7 Å². The summed E-state index contributed by atoms with van der Waals surface area (Å²) in [5.74, 6) is -0.250. The number of carbonyl (C=O) groups excluding carboxylic acids is 3. The molecule has 0 aromatic heterocycles. The molecule has 240 valence electrons. The Bertz CT molecular complexity index is 1800. The Hall–Kier alpha value is -5.09. The molecule has 0 spiro atoms. The van der Waals surface area contributed by atoms with E-state index in [1.54, 1.807) is 45.2 Å². The van der Waals surface area contributed by atoms with Crippen molar-refractivity contribution in [2.24, 2.45) is 0 Å². The number of rotatable bonds is 11. The monoisotopic (exact) mass is 652 g/mol. The van der Waals surface area contributed by atoms with Crippen molar-refractivity contribution in [2.45, 2.75) is 31.7 Å². The summed E-state index contributed by atoms with van der Waals surface area (Å²) in [5, 5.41) is 8.27. The Morgan fingerprint density at radius 2 is 1.70 bits per heavy atom. The number of hydrogen-bond acceptors (Lipinski definition) is 6. The molecule has 2 heterocycles. The van der Waals surface area contributed by atoms with Crippen LogP contribution in [0.2, 0.25) is 0 Å². The maximum absolute atomic E-state index is 14.3. The lowest BCUT2D eigenvalue weighted by Crippen LogP contribution is -2.66. The third-order valence-corrected chi connectivity index (χ3v) is 8.84. The molecule has 2 N–H and O–H groups in total. The minimum absolute atomic E-state index is 0.0839. The molecular formula is C35H35N5O6P+. The van der Waals surface area contributed by atoms with Gasteiger partial charge in [-0.05, 0) is 39.6 Å². The van der Waals surface area contributed by atoms with E-state index in [0.717, 1.165) is 27.5 Å². The third-order valence-electron chi connectivity index (χ3n) is 8.48. The van der Waals surface area contributed by atoms with E-state index >= 15 is 0 Å². The normalized spacial score (nSPS) is 18.2. The average molecular weight is 653 g/mol. The largest absolute Gasteiger partial charge is 0.747 e. The lowest BCUT2D eigenvalue weighted by molar-refractivity contribution is -0.157. The minimum Gasteiger partial charge on any atom is -0.333 e. The van der Waals surface area contributed by atoms with Crippen molar-refractivity contribution in [3.63, 3.8) is 0 Å². The zero-order chi connectivity index (χ0) is 32.9. The molecule has 2 aliphatic heterocycles. The third kappa shape index (κ3) is 7.02. The van der Waals surface area contributed by atoms with Gasteiger partial charge < -0.3 is 15.1 Å². The molecule has 4 aromatic rings. The Balaban J connectivity index is 1.31. The molecular weight excluding hydrogens is 617 g/mol. The van der Waals surface area contributed by atoms with Gasteiger partial charge in [-0.2, -0.15) is 5.01 Å². The van der Waals surface area contributed by atoms with Gasteiger partial charge in [0.25, 0.3) is 0 Å². The van der Waals surface area contributed by atoms with Gasteiger partial charge >= 0.3 is 14.3 Å². The number of hydrazine groups is 1. The highest BCUT2D eigenvalue weighted by atomic mass is 31.1. The van der Waals surface area contributed by atoms with Crippen LogP contribution in [0.1, 0.15) is 16.7 Å². The van der Waals surface area contributed by atoms with Gasteiger partial charge in [-0.25, -0.2) is 9.32 Å². The first-order valence-electron chi connectivity index (χ1n) is 15.3. The zero-order valence-corrected chi connectivity index (χ0v) is 26.5. The van der Waals surface area contributed by atoms with Crippen LogP contribution in [0.4, 0.5) is 4.79 Å². The van der Waals surface area contributed by atoms with E-state index in [2.05, 4.69) is 11.9 Å². The van der Waals surface area contributed by atoms with Crippen molar-refractivity contribution in [2.75, 3.05) is 19.6 Å². The van der Waals surface area contributed by atoms with Crippen LogP contribution in [-0.2, 0) is 33.7 Å². The summed E-state index contributed by atoms with van der Waals surface area (Å²) in [6, 6.07) is 28.8. The predicted octanol–water partition coefficient (Wildman–Crippen LogP) is 4.60. The summed E-state index contributed by atoms with van der Waals surface area (Å²) >= 11 is 0. The molecule has 12 heteroatoms. The molecule has 47 heavy (non-hydrogen) atoms. The molecule has 4 aromatic carbocycles. The highest BCUT2D eigenvalue weighted by molar-refractivity contribution is 7.32. The number of piperazine rings is 1. The van der Waals surface area contributed by atoms with Crippen LogP contribution in [-0.4, -0.2) is 74.4 Å². The lowest BCUT2D eigenvalue weighted by Gasteiger charge is -2.46. The first kappa shape index (κ1) is 31.9. The summed E-state index contributed by atoms with van der Waals surface area (Å²) in [6.45, 7) is 4.75. The summed E-state index contributed by atoms with van der Waals surface area (Å²) in [5.41, 5.74) is 2.65. The lowest BCUT2D eigenvalue weighted by atomic mass is 9.99. The first-order chi connectivity index (χ1) is 22.8. The van der Waals surface area contributed by atoms with E-state index in [0.29, 0.717) is 13.1 Å². The number of fused-ring (bicyclic) bond motifs is 2. The van der Waals surface area contributed by atoms with Crippen molar-refractivity contribution >= 4 is 36.9 Å². The zero-order valence-electron chi connectivity index (χ0n) is 25.6. The second kappa shape index (κ2) is 14.1. The topological polar surface area (TPSA) is 123 Å². The Kier molecular flexibility index (Phi) is 9.58. The number of nitrogens with one attached hydrogen (secondary N) is 1. The summed E-state index contributed by atoms with van der Waals surface area (Å²) in [7, 11) is -2.82. The van der Waals surface area contributed by atoms with Crippen molar-refractivity contribution in [3.8, 4) is 5.75 Å². The minimum atomic E-state index is -2.82. The smallest absolute Gasteiger partial charge is 0.333 e. The van der Waals surface area contributed by atoms with E-state index in [1.165, 1.54) is 5.01 Å². The van der Waals surface area contributed by atoms with Crippen LogP contribution in [0.15, 0.2) is 110 Å². The molecule has 0 radical (unpaired) electrons. The molecule has 0 bridgehead atoms. The van der Waals surface area contributed by atoms with Gasteiger partial charge in [0.05, 0.1) is 19.6 Å². The molecule has 2 saturated heterocycles. The van der Waals surface area contributed by atoms with Gasteiger partial charge in [-0.3, -0.25) is 14.6 Å². The van der Waals surface area contributed by atoms with Gasteiger partial charge in [-0.1, -0.05) is 91.0 Å². The van der Waals surface area contributed by atoms with Crippen LogP contribution in [0.25, 0.3) is 10.8 Å². The number of urea groups is 1. The van der Waals surface area contributed by atoms with Crippen LogP contribution in [0.5, 0.6) is 5.75 Å². The Morgan fingerprint density at radius 1 is 0.979 bits per heavy atom. The predicted molar refractivity (Wildman–Crippen MR) is 177 cm³/mol. The van der Waals surface area contributed by atoms with Crippen molar-refractivity contribution in [1.82, 2.24) is 25.1 Å². The van der Waals surface area contributed by atoms with Crippen LogP contribution in [0.3, 0.4) is 0 Å². The summed E-state index contributed by atoms with van der Waals surface area (Å²) in [6.07, 6.45) is 1.20. The fourth-order valence-corrected chi connectivity index (χ4v) is 6.62. The van der Waals surface area contributed by atoms with Gasteiger partial charge in [0.15, 0.2) is 5.75 Å². The number of hydrogen-bond donors (Lipinski definition) is 2. The van der Waals surface area contributed by atoms with Crippen LogP contribution >= 0.6 is 8.25 Å². The second-order valence-electron chi connectivity index (χ2n) is 11.4. The Morgan fingerprint density at radius 3 is 2.45 bits per heavy atom. The molecule has 0 saturated carbocycles. The SMILES string of the molecule is C=CCN(C(=O)NCc1ccccc1)N1CC(=O)N2[C@@H](Cc3ccc(O[P+](=O)O)cc3)C(=O)N(Cc3cccc4ccccc34)C[C@@H]21. The van der Waals surface area contributed by atoms with E-state index in [9.17, 15) is 18.9 Å². The number of amides is 4. The maximum atomic E-state index is 14.3. The van der Waals surface area contributed by atoms with Crippen molar-refractivity contribution < 1.29 is 28.4 Å². The molecule has 2 aliphatic rings. The highest BCUT2D eigenvalue weighted by Gasteiger charge is 2.52. The summed E-state index contributed by atoms with van der Waals surface area (Å²) in [4.78, 5) is 54.1. The molecule has 2 fully saturated rings. The standard InChI is InChI=1S/C35H34N5O6P/c1-2-19-38(35(43)36-21-26-9-4-3-5-10-26)39-24-33(41)40-31(20-25-15-17-29(18-16-25)46-47(44)45)34(42)37(23-32(39)40)22-28-13-8-12-27-11-6-7-14-30(27)28/h2-18,31-32H,1,19-24H2,(H-,36,43,44,45)/p+1/t31-,32+/m0/s1. The summed E-state index contributed by atoms with van der Waals surface area (Å²) < 4.78 is 16.0. The van der Waals surface area contributed by atoms with Crippen LogP contribution < -0.4 is 9.84 Å². The maximum Gasteiger partial charge on any atom is 0.747 e. The number of benzene rings is 4. The van der Waals surface area contributed by atoms with Gasteiger partial charge in [-0.15, -0.1) is 11.5 Å². The highest BCUT2D eigenvalue weighted by Crippen LogP contribution is 2.32. The second-order valence-corrected chi connectivity index (χ2v) is 12.1. The van der Waals surface area contributed by atoms with Crippen molar-refractivity contribution in [1.29, 1.82) is 0 Å². The quantitative estimate of drug-likeness (QED) is 0.179. The van der Waals surface area contributed by atoms with Gasteiger partial charge in [0, 0.05) is 24.1 Å². The molecule has 6 rings (SSSR count). The van der Waals surface area contributed by atoms with E-state index < -0.39 is 20.5 Å². The number of nitrogens with zero attached hydrogens (tertiary/aromatic N) is 4.